The summed E-state index contributed by atoms with van der Waals surface area (Å²) in [6, 6.07) is 12.6. The highest BCUT2D eigenvalue weighted by Crippen LogP contribution is 2.51. The number of aromatic nitrogens is 4. The van der Waals surface area contributed by atoms with Gasteiger partial charge in [0, 0.05) is 23.6 Å². The second-order valence-electron chi connectivity index (χ2n) is 7.24. The molecule has 1 aliphatic carbocycles. The summed E-state index contributed by atoms with van der Waals surface area (Å²) in [4.78, 5) is 14.9. The van der Waals surface area contributed by atoms with Crippen LogP contribution in [0.2, 0.25) is 0 Å². The molecular formula is C20H19N5O. The molecule has 1 aliphatic heterocycles. The molecule has 1 aromatic carbocycles. The maximum atomic E-state index is 13.0. The van der Waals surface area contributed by atoms with Gasteiger partial charge in [0.2, 0.25) is 5.91 Å². The normalized spacial score (nSPS) is 24.0. The van der Waals surface area contributed by atoms with Crippen molar-refractivity contribution in [3.8, 4) is 11.3 Å². The Morgan fingerprint density at radius 3 is 2.81 bits per heavy atom. The summed E-state index contributed by atoms with van der Waals surface area (Å²) in [5.74, 6) is 1.41. The Balaban J connectivity index is 1.37. The third-order valence-corrected chi connectivity index (χ3v) is 5.49. The standard InChI is InChI=1S/C20H19N5O/c1-12-2-4-13(5-3-12)8-16-15-9-18(15)25(20(16)26)19-10-17(23-24-19)14-6-7-21-22-11-14/h2-7,10-11,15-16,18H,8-9H2,1H3,(H,23,24). The van der Waals surface area contributed by atoms with E-state index in [0.717, 1.165) is 24.1 Å². The molecule has 3 aromatic rings. The molecule has 3 atom stereocenters. The van der Waals surface area contributed by atoms with E-state index in [1.807, 2.05) is 17.0 Å². The first kappa shape index (κ1) is 15.3. The van der Waals surface area contributed by atoms with E-state index in [-0.39, 0.29) is 11.8 Å². The van der Waals surface area contributed by atoms with Gasteiger partial charge in [-0.15, -0.1) is 0 Å². The summed E-state index contributed by atoms with van der Waals surface area (Å²) in [5.41, 5.74) is 4.23. The van der Waals surface area contributed by atoms with Crippen molar-refractivity contribution in [2.45, 2.75) is 25.8 Å². The molecule has 130 valence electrons. The fraction of sp³-hybridized carbons (Fsp3) is 0.300. The number of benzene rings is 1. The minimum absolute atomic E-state index is 0.0606. The first-order valence-corrected chi connectivity index (χ1v) is 8.92. The van der Waals surface area contributed by atoms with E-state index in [0.29, 0.717) is 17.8 Å². The van der Waals surface area contributed by atoms with Gasteiger partial charge in [-0.25, -0.2) is 0 Å². The Morgan fingerprint density at radius 1 is 1.19 bits per heavy atom. The van der Waals surface area contributed by atoms with E-state index >= 15 is 0 Å². The molecule has 0 radical (unpaired) electrons. The molecule has 1 N–H and O–H groups in total. The second-order valence-corrected chi connectivity index (χ2v) is 7.24. The first-order valence-electron chi connectivity index (χ1n) is 8.92. The highest BCUT2D eigenvalue weighted by molar-refractivity contribution is 5.99. The molecule has 2 aromatic heterocycles. The van der Waals surface area contributed by atoms with Crippen LogP contribution in [-0.4, -0.2) is 32.3 Å². The largest absolute Gasteiger partial charge is 0.292 e. The average molecular weight is 345 g/mol. The lowest BCUT2D eigenvalue weighted by atomic mass is 9.95. The van der Waals surface area contributed by atoms with Crippen molar-refractivity contribution in [1.29, 1.82) is 0 Å². The molecule has 2 aliphatic rings. The number of anilines is 1. The molecule has 1 amide bonds. The van der Waals surface area contributed by atoms with E-state index < -0.39 is 0 Å². The van der Waals surface area contributed by atoms with Crippen molar-refractivity contribution >= 4 is 11.7 Å². The Hall–Kier alpha value is -3.02. The maximum Gasteiger partial charge on any atom is 0.232 e. The van der Waals surface area contributed by atoms with Gasteiger partial charge in [-0.2, -0.15) is 15.3 Å². The minimum atomic E-state index is 0.0606. The predicted molar refractivity (Wildman–Crippen MR) is 97.4 cm³/mol. The number of H-pyrrole nitrogens is 1. The van der Waals surface area contributed by atoms with Crippen LogP contribution in [0.3, 0.4) is 0 Å². The Kier molecular flexibility index (Phi) is 3.38. The third kappa shape index (κ3) is 2.49. The maximum absolute atomic E-state index is 13.0. The zero-order valence-corrected chi connectivity index (χ0v) is 14.5. The molecular weight excluding hydrogens is 326 g/mol. The van der Waals surface area contributed by atoms with Gasteiger partial charge in [0.25, 0.3) is 0 Å². The fourth-order valence-corrected chi connectivity index (χ4v) is 3.99. The highest BCUT2D eigenvalue weighted by Gasteiger charge is 2.59. The van der Waals surface area contributed by atoms with Crippen LogP contribution >= 0.6 is 0 Å². The monoisotopic (exact) mass is 345 g/mol. The summed E-state index contributed by atoms with van der Waals surface area (Å²) < 4.78 is 0. The zero-order valence-electron chi connectivity index (χ0n) is 14.5. The van der Waals surface area contributed by atoms with Crippen molar-refractivity contribution in [2.75, 3.05) is 4.90 Å². The van der Waals surface area contributed by atoms with Gasteiger partial charge < -0.3 is 0 Å². The number of aryl methyl sites for hydroxylation is 1. The lowest BCUT2D eigenvalue weighted by molar-refractivity contribution is -0.121. The number of carbonyl (C=O) groups is 1. The van der Waals surface area contributed by atoms with Gasteiger partial charge in [0.15, 0.2) is 5.82 Å². The molecule has 5 rings (SSSR count). The van der Waals surface area contributed by atoms with Crippen molar-refractivity contribution in [3.05, 3.63) is 59.9 Å². The van der Waals surface area contributed by atoms with Gasteiger partial charge in [0.05, 0.1) is 18.1 Å². The summed E-state index contributed by atoms with van der Waals surface area (Å²) in [6.45, 7) is 2.08. The smallest absolute Gasteiger partial charge is 0.232 e. The van der Waals surface area contributed by atoms with Crippen LogP contribution < -0.4 is 4.90 Å². The number of piperidine rings is 1. The van der Waals surface area contributed by atoms with E-state index in [1.54, 1.807) is 12.4 Å². The fourth-order valence-electron chi connectivity index (χ4n) is 3.99. The van der Waals surface area contributed by atoms with Crippen molar-refractivity contribution in [1.82, 2.24) is 20.4 Å². The van der Waals surface area contributed by atoms with Crippen molar-refractivity contribution < 1.29 is 4.79 Å². The molecule has 6 heteroatoms. The molecule has 1 saturated heterocycles. The van der Waals surface area contributed by atoms with Crippen LogP contribution in [-0.2, 0) is 11.2 Å². The lowest BCUT2D eigenvalue weighted by Gasteiger charge is -2.18. The summed E-state index contributed by atoms with van der Waals surface area (Å²) in [7, 11) is 0. The number of fused-ring (bicyclic) bond motifs is 1. The average Bonchev–Trinajstić information content (AvgIpc) is 3.18. The molecule has 3 heterocycles. The van der Waals surface area contributed by atoms with E-state index in [4.69, 9.17) is 0 Å². The molecule has 2 fully saturated rings. The van der Waals surface area contributed by atoms with Gasteiger partial charge in [-0.3, -0.25) is 14.8 Å². The topological polar surface area (TPSA) is 74.8 Å². The summed E-state index contributed by atoms with van der Waals surface area (Å²) in [5, 5.41) is 15.1. The Labute approximate surface area is 151 Å². The SMILES string of the molecule is Cc1ccc(CC2C(=O)N(c3cc(-c4ccnnc4)[nH]n3)C3CC23)cc1. The number of amides is 1. The molecule has 0 bridgehead atoms. The first-order chi connectivity index (χ1) is 12.7. The lowest BCUT2D eigenvalue weighted by Crippen LogP contribution is -2.32. The van der Waals surface area contributed by atoms with Crippen LogP contribution in [0.5, 0.6) is 0 Å². The second kappa shape index (κ2) is 5.76. The summed E-state index contributed by atoms with van der Waals surface area (Å²) in [6.07, 6.45) is 5.21. The van der Waals surface area contributed by atoms with Gasteiger partial charge in [-0.1, -0.05) is 29.8 Å². The third-order valence-electron chi connectivity index (χ3n) is 5.49. The van der Waals surface area contributed by atoms with Crippen molar-refractivity contribution in [3.63, 3.8) is 0 Å². The van der Waals surface area contributed by atoms with Gasteiger partial charge in [-0.05, 0) is 37.3 Å². The van der Waals surface area contributed by atoms with E-state index in [9.17, 15) is 4.79 Å². The van der Waals surface area contributed by atoms with Crippen LogP contribution in [0.1, 0.15) is 17.5 Å². The van der Waals surface area contributed by atoms with E-state index in [2.05, 4.69) is 51.6 Å². The predicted octanol–water partition coefficient (Wildman–Crippen LogP) is 2.77. The van der Waals surface area contributed by atoms with Crippen LogP contribution in [0.25, 0.3) is 11.3 Å². The molecule has 3 unspecified atom stereocenters. The number of rotatable bonds is 4. The number of aromatic amines is 1. The number of nitrogens with one attached hydrogen (secondary N) is 1. The quantitative estimate of drug-likeness (QED) is 0.789. The van der Waals surface area contributed by atoms with Gasteiger partial charge in [0.1, 0.15) is 0 Å². The Bertz CT molecular complexity index is 950. The minimum Gasteiger partial charge on any atom is -0.292 e. The van der Waals surface area contributed by atoms with Crippen LogP contribution in [0.15, 0.2) is 48.8 Å². The summed E-state index contributed by atoms with van der Waals surface area (Å²) >= 11 is 0. The van der Waals surface area contributed by atoms with Crippen LogP contribution in [0, 0.1) is 18.8 Å². The molecule has 26 heavy (non-hydrogen) atoms. The van der Waals surface area contributed by atoms with Crippen molar-refractivity contribution in [2.24, 2.45) is 11.8 Å². The Morgan fingerprint density at radius 2 is 2.04 bits per heavy atom. The van der Waals surface area contributed by atoms with E-state index in [1.165, 1.54) is 11.1 Å². The number of hydrogen-bond donors (Lipinski definition) is 1. The number of carbonyl (C=O) groups excluding carboxylic acids is 1. The van der Waals surface area contributed by atoms with Gasteiger partial charge >= 0.3 is 0 Å². The zero-order chi connectivity index (χ0) is 17.7. The number of hydrogen-bond acceptors (Lipinski definition) is 4. The number of nitrogens with zero attached hydrogens (tertiary/aromatic N) is 4. The molecule has 6 nitrogen and oxygen atoms in total. The highest BCUT2D eigenvalue weighted by atomic mass is 16.2. The van der Waals surface area contributed by atoms with Crippen LogP contribution in [0.4, 0.5) is 5.82 Å². The molecule has 0 spiro atoms. The molecule has 1 saturated carbocycles.